The minimum atomic E-state index is -1.02. The van der Waals surface area contributed by atoms with Gasteiger partial charge in [0.05, 0.1) is 11.0 Å². The van der Waals surface area contributed by atoms with E-state index < -0.39 is 34.8 Å². The normalized spacial score (nSPS) is 25.3. The summed E-state index contributed by atoms with van der Waals surface area (Å²) in [4.78, 5) is 37.0. The molecule has 114 valence electrons. The molecule has 0 saturated heterocycles. The molecule has 1 fully saturated rings. The van der Waals surface area contributed by atoms with Gasteiger partial charge in [-0.05, 0) is 19.8 Å². The van der Waals surface area contributed by atoms with Gasteiger partial charge in [0.2, 0.25) is 0 Å². The molecule has 1 aromatic rings. The van der Waals surface area contributed by atoms with Gasteiger partial charge in [0, 0.05) is 18.2 Å². The van der Waals surface area contributed by atoms with Crippen molar-refractivity contribution in [1.82, 2.24) is 10.3 Å². The second-order valence-electron chi connectivity index (χ2n) is 5.61. The van der Waals surface area contributed by atoms with Crippen LogP contribution in [-0.4, -0.2) is 33.1 Å². The molecule has 2 unspecified atom stereocenters. The predicted octanol–water partition coefficient (Wildman–Crippen LogP) is 0.844. The van der Waals surface area contributed by atoms with Gasteiger partial charge in [0.1, 0.15) is 0 Å². The zero-order chi connectivity index (χ0) is 15.6. The molecule has 0 aromatic carbocycles. The fourth-order valence-corrected chi connectivity index (χ4v) is 2.72. The molecule has 2 atom stereocenters. The van der Waals surface area contributed by atoms with E-state index in [4.69, 9.17) is 0 Å². The Morgan fingerprint density at radius 1 is 1.38 bits per heavy atom. The molecule has 1 aliphatic carbocycles. The van der Waals surface area contributed by atoms with Crippen molar-refractivity contribution in [3.63, 3.8) is 0 Å². The molecule has 1 aromatic heterocycles. The van der Waals surface area contributed by atoms with E-state index in [-0.39, 0.29) is 5.56 Å². The molecule has 1 amide bonds. The highest BCUT2D eigenvalue weighted by molar-refractivity contribution is 5.95. The van der Waals surface area contributed by atoms with Crippen LogP contribution in [0.25, 0.3) is 0 Å². The van der Waals surface area contributed by atoms with Crippen LogP contribution in [0, 0.1) is 5.41 Å². The number of nitrogens with one attached hydrogen (secondary N) is 2. The molecule has 1 aliphatic rings. The lowest BCUT2D eigenvalue weighted by atomic mass is 9.71. The average Bonchev–Trinajstić information content (AvgIpc) is 2.40. The Bertz CT molecular complexity index is 624. The zero-order valence-corrected chi connectivity index (χ0v) is 11.7. The van der Waals surface area contributed by atoms with Gasteiger partial charge in [-0.25, -0.2) is 0 Å². The summed E-state index contributed by atoms with van der Waals surface area (Å²) in [5.74, 6) is -1.91. The first-order chi connectivity index (χ1) is 9.83. The van der Waals surface area contributed by atoms with Crippen molar-refractivity contribution in [3.05, 3.63) is 28.0 Å². The molecule has 0 aliphatic heterocycles. The number of hydrogen-bond acceptors (Lipinski definition) is 4. The number of aliphatic carboxylic acids is 1. The van der Waals surface area contributed by atoms with E-state index in [9.17, 15) is 24.6 Å². The van der Waals surface area contributed by atoms with Gasteiger partial charge in [-0.1, -0.05) is 12.8 Å². The Labute approximate surface area is 121 Å². The Hall–Kier alpha value is -2.31. The number of aromatic nitrogens is 1. The first-order valence-corrected chi connectivity index (χ1v) is 6.80. The second kappa shape index (κ2) is 5.59. The van der Waals surface area contributed by atoms with E-state index in [1.54, 1.807) is 6.92 Å². The van der Waals surface area contributed by atoms with Crippen LogP contribution in [0.1, 0.15) is 43.0 Å². The van der Waals surface area contributed by atoms with Gasteiger partial charge in [-0.2, -0.15) is 0 Å². The Kier molecular flexibility index (Phi) is 4.02. The lowest BCUT2D eigenvalue weighted by Crippen LogP contribution is -2.52. The Morgan fingerprint density at radius 3 is 2.71 bits per heavy atom. The first-order valence-electron chi connectivity index (χ1n) is 6.80. The highest BCUT2D eigenvalue weighted by atomic mass is 16.4. The van der Waals surface area contributed by atoms with Crippen molar-refractivity contribution in [2.45, 2.75) is 38.6 Å². The van der Waals surface area contributed by atoms with Gasteiger partial charge in [0.15, 0.2) is 5.88 Å². The molecule has 1 heterocycles. The number of aromatic amines is 1. The predicted molar refractivity (Wildman–Crippen MR) is 74.2 cm³/mol. The summed E-state index contributed by atoms with van der Waals surface area (Å²) in [5.41, 5.74) is -1.60. The summed E-state index contributed by atoms with van der Waals surface area (Å²) in [7, 11) is 0. The van der Waals surface area contributed by atoms with E-state index in [2.05, 4.69) is 10.3 Å². The van der Waals surface area contributed by atoms with Crippen LogP contribution >= 0.6 is 0 Å². The van der Waals surface area contributed by atoms with Gasteiger partial charge >= 0.3 is 5.97 Å². The highest BCUT2D eigenvalue weighted by Gasteiger charge is 2.43. The van der Waals surface area contributed by atoms with Gasteiger partial charge in [0.25, 0.3) is 11.5 Å². The minimum absolute atomic E-state index is 0.00885. The molecule has 0 radical (unpaired) electrons. The quantitative estimate of drug-likeness (QED) is 0.658. The number of carboxylic acids is 1. The third-order valence-corrected chi connectivity index (χ3v) is 4.09. The standard InChI is InChI=1S/C14H18N2O5/c1-14(13(20)21)5-3-2-4-9(14)15-12(19)8-6-10(17)16-11(18)7-8/h6-7,9H,2-5H2,1H3,(H,15,19)(H,20,21)(H2,16,17,18). The van der Waals surface area contributed by atoms with E-state index in [1.807, 2.05) is 0 Å². The Balaban J connectivity index is 2.21. The number of aromatic hydroxyl groups is 1. The number of pyridine rings is 1. The Morgan fingerprint density at radius 2 is 2.10 bits per heavy atom. The van der Waals surface area contributed by atoms with E-state index in [0.29, 0.717) is 12.8 Å². The van der Waals surface area contributed by atoms with Crippen molar-refractivity contribution < 1.29 is 19.8 Å². The monoisotopic (exact) mass is 294 g/mol. The molecule has 0 spiro atoms. The summed E-state index contributed by atoms with van der Waals surface area (Å²) in [6.07, 6.45) is 2.72. The van der Waals surface area contributed by atoms with Crippen LogP contribution in [0.3, 0.4) is 0 Å². The van der Waals surface area contributed by atoms with Crippen molar-refractivity contribution in [2.75, 3.05) is 0 Å². The second-order valence-corrected chi connectivity index (χ2v) is 5.61. The lowest BCUT2D eigenvalue weighted by Gasteiger charge is -2.38. The summed E-state index contributed by atoms with van der Waals surface area (Å²) in [6, 6.07) is 1.70. The van der Waals surface area contributed by atoms with Gasteiger partial charge in [-0.15, -0.1) is 0 Å². The molecule has 2 rings (SSSR count). The van der Waals surface area contributed by atoms with Crippen LogP contribution in [0.2, 0.25) is 0 Å². The third kappa shape index (κ3) is 3.07. The van der Waals surface area contributed by atoms with Crippen molar-refractivity contribution in [3.8, 4) is 5.88 Å². The number of hydrogen-bond donors (Lipinski definition) is 4. The topological polar surface area (TPSA) is 119 Å². The molecule has 0 bridgehead atoms. The number of amides is 1. The van der Waals surface area contributed by atoms with E-state index in [1.165, 1.54) is 0 Å². The van der Waals surface area contributed by atoms with Crippen LogP contribution < -0.4 is 10.9 Å². The maximum absolute atomic E-state index is 12.2. The zero-order valence-electron chi connectivity index (χ0n) is 11.7. The lowest BCUT2D eigenvalue weighted by molar-refractivity contribution is -0.151. The number of carboxylic acid groups (broad SMARTS) is 1. The molecular formula is C14H18N2O5. The SMILES string of the molecule is CC1(C(=O)O)CCCCC1NC(=O)c1cc(O)[nH]c(=O)c1. The van der Waals surface area contributed by atoms with Crippen LogP contribution in [-0.2, 0) is 4.79 Å². The largest absolute Gasteiger partial charge is 0.494 e. The molecule has 1 saturated carbocycles. The third-order valence-electron chi connectivity index (χ3n) is 4.09. The first kappa shape index (κ1) is 15.1. The number of carbonyl (C=O) groups excluding carboxylic acids is 1. The smallest absolute Gasteiger partial charge is 0.311 e. The van der Waals surface area contributed by atoms with Crippen LogP contribution in [0.4, 0.5) is 0 Å². The summed E-state index contributed by atoms with van der Waals surface area (Å²) >= 11 is 0. The summed E-state index contributed by atoms with van der Waals surface area (Å²) < 4.78 is 0. The number of rotatable bonds is 3. The van der Waals surface area contributed by atoms with Gasteiger partial charge < -0.3 is 15.5 Å². The summed E-state index contributed by atoms with van der Waals surface area (Å²) in [6.45, 7) is 1.62. The maximum Gasteiger partial charge on any atom is 0.311 e. The molecule has 7 heteroatoms. The average molecular weight is 294 g/mol. The number of H-pyrrole nitrogens is 1. The van der Waals surface area contributed by atoms with Crippen LogP contribution in [0.15, 0.2) is 16.9 Å². The fourth-order valence-electron chi connectivity index (χ4n) is 2.72. The van der Waals surface area contributed by atoms with Crippen molar-refractivity contribution in [1.29, 1.82) is 0 Å². The van der Waals surface area contributed by atoms with Crippen molar-refractivity contribution >= 4 is 11.9 Å². The highest BCUT2D eigenvalue weighted by Crippen LogP contribution is 2.36. The van der Waals surface area contributed by atoms with Crippen molar-refractivity contribution in [2.24, 2.45) is 5.41 Å². The minimum Gasteiger partial charge on any atom is -0.494 e. The summed E-state index contributed by atoms with van der Waals surface area (Å²) in [5, 5.41) is 21.4. The molecular weight excluding hydrogens is 276 g/mol. The number of carbonyl (C=O) groups is 2. The molecule has 21 heavy (non-hydrogen) atoms. The van der Waals surface area contributed by atoms with E-state index >= 15 is 0 Å². The molecule has 4 N–H and O–H groups in total. The fraction of sp³-hybridized carbons (Fsp3) is 0.500. The maximum atomic E-state index is 12.2. The van der Waals surface area contributed by atoms with E-state index in [0.717, 1.165) is 25.0 Å². The van der Waals surface area contributed by atoms with Gasteiger partial charge in [-0.3, -0.25) is 19.4 Å². The van der Waals surface area contributed by atoms with Crippen LogP contribution in [0.5, 0.6) is 5.88 Å². The molecule has 7 nitrogen and oxygen atoms in total.